The Labute approximate surface area is 92.9 Å². The van der Waals surface area contributed by atoms with Crippen molar-refractivity contribution in [2.75, 3.05) is 12.0 Å². The Kier molecular flexibility index (Phi) is 2.56. The molecule has 0 radical (unpaired) electrons. The van der Waals surface area contributed by atoms with Gasteiger partial charge in [0.15, 0.2) is 10.8 Å². The predicted molar refractivity (Wildman–Crippen MR) is 64.1 cm³/mol. The van der Waals surface area contributed by atoms with Gasteiger partial charge in [-0.15, -0.1) is 0 Å². The molecule has 2 heterocycles. The number of hydrogen-bond donors (Lipinski definition) is 1. The van der Waals surface area contributed by atoms with E-state index in [0.29, 0.717) is 11.7 Å². The Morgan fingerprint density at radius 3 is 2.80 bits per heavy atom. The number of thioether (sulfide) groups is 1. The molecule has 2 N–H and O–H groups in total. The SMILES string of the molecule is CSc1nc2c(N)ccnc2n1C(C)C. The number of pyridine rings is 1. The van der Waals surface area contributed by atoms with Crippen molar-refractivity contribution < 1.29 is 0 Å². The van der Waals surface area contributed by atoms with Crippen molar-refractivity contribution in [3.63, 3.8) is 0 Å². The van der Waals surface area contributed by atoms with Crippen LogP contribution >= 0.6 is 11.8 Å². The van der Waals surface area contributed by atoms with Gasteiger partial charge in [-0.05, 0) is 26.2 Å². The third kappa shape index (κ3) is 1.56. The van der Waals surface area contributed by atoms with Crippen LogP contribution in [-0.2, 0) is 0 Å². The molecule has 5 heteroatoms. The maximum atomic E-state index is 5.87. The fourth-order valence-corrected chi connectivity index (χ4v) is 2.27. The number of hydrogen-bond acceptors (Lipinski definition) is 4. The number of anilines is 1. The first-order valence-electron chi connectivity index (χ1n) is 4.81. The first-order valence-corrected chi connectivity index (χ1v) is 6.04. The molecule has 2 aromatic rings. The van der Waals surface area contributed by atoms with Gasteiger partial charge in [0.2, 0.25) is 0 Å². The number of aromatic nitrogens is 3. The van der Waals surface area contributed by atoms with Gasteiger partial charge in [-0.25, -0.2) is 9.97 Å². The summed E-state index contributed by atoms with van der Waals surface area (Å²) in [5.41, 5.74) is 8.23. The van der Waals surface area contributed by atoms with Crippen LogP contribution in [0, 0.1) is 0 Å². The quantitative estimate of drug-likeness (QED) is 0.792. The van der Waals surface area contributed by atoms with E-state index >= 15 is 0 Å². The third-order valence-electron chi connectivity index (χ3n) is 2.28. The Morgan fingerprint density at radius 1 is 1.47 bits per heavy atom. The van der Waals surface area contributed by atoms with E-state index in [1.54, 1.807) is 24.0 Å². The van der Waals surface area contributed by atoms with Gasteiger partial charge in [0.1, 0.15) is 5.52 Å². The summed E-state index contributed by atoms with van der Waals surface area (Å²) in [5, 5.41) is 0.963. The fraction of sp³-hybridized carbons (Fsp3) is 0.400. The van der Waals surface area contributed by atoms with Gasteiger partial charge >= 0.3 is 0 Å². The Hall–Kier alpha value is -1.23. The molecule has 0 unspecified atom stereocenters. The van der Waals surface area contributed by atoms with E-state index in [9.17, 15) is 0 Å². The monoisotopic (exact) mass is 222 g/mol. The van der Waals surface area contributed by atoms with Crippen LogP contribution in [0.2, 0.25) is 0 Å². The summed E-state index contributed by atoms with van der Waals surface area (Å²) in [6.07, 6.45) is 3.73. The van der Waals surface area contributed by atoms with Crippen molar-refractivity contribution in [1.29, 1.82) is 0 Å². The van der Waals surface area contributed by atoms with Crippen molar-refractivity contribution >= 4 is 28.6 Å². The van der Waals surface area contributed by atoms with E-state index in [0.717, 1.165) is 16.3 Å². The number of rotatable bonds is 2. The molecule has 2 aromatic heterocycles. The van der Waals surface area contributed by atoms with Crippen molar-refractivity contribution in [3.05, 3.63) is 12.3 Å². The third-order valence-corrected chi connectivity index (χ3v) is 2.93. The molecule has 2 rings (SSSR count). The molecule has 15 heavy (non-hydrogen) atoms. The lowest BCUT2D eigenvalue weighted by Crippen LogP contribution is -2.03. The predicted octanol–water partition coefficient (Wildman–Crippen LogP) is 2.32. The largest absolute Gasteiger partial charge is 0.397 e. The molecule has 80 valence electrons. The Balaban J connectivity index is 2.80. The molecular weight excluding hydrogens is 208 g/mol. The molecule has 0 aliphatic heterocycles. The van der Waals surface area contributed by atoms with Crippen LogP contribution in [0.1, 0.15) is 19.9 Å². The summed E-state index contributed by atoms with van der Waals surface area (Å²) in [7, 11) is 0. The Bertz CT molecular complexity index is 489. The van der Waals surface area contributed by atoms with Gasteiger partial charge in [-0.2, -0.15) is 0 Å². The highest BCUT2D eigenvalue weighted by Gasteiger charge is 2.14. The van der Waals surface area contributed by atoms with Crippen LogP contribution in [0.25, 0.3) is 11.2 Å². The molecule has 0 atom stereocenters. The number of imidazole rings is 1. The topological polar surface area (TPSA) is 56.7 Å². The molecule has 0 bridgehead atoms. The van der Waals surface area contributed by atoms with E-state index in [1.165, 1.54) is 0 Å². The lowest BCUT2D eigenvalue weighted by molar-refractivity contribution is 0.563. The minimum absolute atomic E-state index is 0.340. The number of nitrogen functional groups attached to an aromatic ring is 1. The number of fused-ring (bicyclic) bond motifs is 1. The first-order chi connectivity index (χ1) is 7.15. The van der Waals surface area contributed by atoms with Crippen LogP contribution in [-0.4, -0.2) is 20.8 Å². The van der Waals surface area contributed by atoms with E-state index in [-0.39, 0.29) is 0 Å². The Morgan fingerprint density at radius 2 is 2.20 bits per heavy atom. The van der Waals surface area contributed by atoms with E-state index < -0.39 is 0 Å². The maximum Gasteiger partial charge on any atom is 0.170 e. The maximum absolute atomic E-state index is 5.87. The molecule has 0 amide bonds. The van der Waals surface area contributed by atoms with Crippen LogP contribution in [0.4, 0.5) is 5.69 Å². The highest BCUT2D eigenvalue weighted by molar-refractivity contribution is 7.98. The summed E-state index contributed by atoms with van der Waals surface area (Å²) in [5.74, 6) is 0. The second kappa shape index (κ2) is 3.73. The first kappa shape index (κ1) is 10.3. The molecule has 0 aliphatic carbocycles. The highest BCUT2D eigenvalue weighted by Crippen LogP contribution is 2.27. The van der Waals surface area contributed by atoms with Crippen molar-refractivity contribution in [2.45, 2.75) is 25.0 Å². The van der Waals surface area contributed by atoms with Crippen molar-refractivity contribution in [3.8, 4) is 0 Å². The van der Waals surface area contributed by atoms with Crippen LogP contribution in [0.5, 0.6) is 0 Å². The number of nitrogens with two attached hydrogens (primary N) is 1. The minimum Gasteiger partial charge on any atom is -0.397 e. The number of nitrogens with zero attached hydrogens (tertiary/aromatic N) is 3. The van der Waals surface area contributed by atoms with E-state index in [1.807, 2.05) is 6.26 Å². The minimum atomic E-state index is 0.340. The van der Waals surface area contributed by atoms with Gasteiger partial charge in [-0.1, -0.05) is 11.8 Å². The van der Waals surface area contributed by atoms with Crippen LogP contribution in [0.15, 0.2) is 17.4 Å². The summed E-state index contributed by atoms with van der Waals surface area (Å²) in [6.45, 7) is 4.23. The average Bonchev–Trinajstić information content (AvgIpc) is 2.57. The highest BCUT2D eigenvalue weighted by atomic mass is 32.2. The van der Waals surface area contributed by atoms with Gasteiger partial charge in [0.25, 0.3) is 0 Å². The van der Waals surface area contributed by atoms with Gasteiger partial charge in [0.05, 0.1) is 5.69 Å². The van der Waals surface area contributed by atoms with Crippen LogP contribution < -0.4 is 5.73 Å². The van der Waals surface area contributed by atoms with Gasteiger partial charge < -0.3 is 10.3 Å². The van der Waals surface area contributed by atoms with Gasteiger partial charge in [0, 0.05) is 12.2 Å². The zero-order chi connectivity index (χ0) is 11.0. The average molecular weight is 222 g/mol. The molecule has 0 fully saturated rings. The van der Waals surface area contributed by atoms with E-state index in [2.05, 4.69) is 28.4 Å². The van der Waals surface area contributed by atoms with E-state index in [4.69, 9.17) is 5.73 Å². The second-order valence-electron chi connectivity index (χ2n) is 3.63. The zero-order valence-corrected chi connectivity index (χ0v) is 9.88. The molecule has 0 aliphatic rings. The molecule has 0 saturated heterocycles. The smallest absolute Gasteiger partial charge is 0.170 e. The summed E-state index contributed by atoms with van der Waals surface area (Å²) in [6, 6.07) is 2.12. The lowest BCUT2D eigenvalue weighted by atomic mass is 10.3. The summed E-state index contributed by atoms with van der Waals surface area (Å²) < 4.78 is 2.11. The van der Waals surface area contributed by atoms with Crippen LogP contribution in [0.3, 0.4) is 0 Å². The zero-order valence-electron chi connectivity index (χ0n) is 9.06. The molecule has 0 saturated carbocycles. The van der Waals surface area contributed by atoms with Crippen molar-refractivity contribution in [1.82, 2.24) is 14.5 Å². The van der Waals surface area contributed by atoms with Gasteiger partial charge in [-0.3, -0.25) is 0 Å². The summed E-state index contributed by atoms with van der Waals surface area (Å²) in [4.78, 5) is 8.83. The second-order valence-corrected chi connectivity index (χ2v) is 4.41. The molecule has 0 spiro atoms. The lowest BCUT2D eigenvalue weighted by Gasteiger charge is -2.10. The normalized spacial score (nSPS) is 11.5. The molecular formula is C10H14N4S. The van der Waals surface area contributed by atoms with Crippen molar-refractivity contribution in [2.24, 2.45) is 0 Å². The standard InChI is InChI=1S/C10H14N4S/c1-6(2)14-9-8(13-10(14)15-3)7(11)4-5-12-9/h4-6H,1-3H3,(H2,11,12). The fourth-order valence-electron chi connectivity index (χ4n) is 1.60. The molecule has 0 aromatic carbocycles. The summed E-state index contributed by atoms with van der Waals surface area (Å²) >= 11 is 1.61. The molecule has 4 nitrogen and oxygen atoms in total.